The number of nitro benzene ring substituents is 1. The van der Waals surface area contributed by atoms with Crippen molar-refractivity contribution in [1.82, 2.24) is 4.98 Å². The number of amides is 1. The summed E-state index contributed by atoms with van der Waals surface area (Å²) in [7, 11) is 0. The molecule has 0 saturated carbocycles. The van der Waals surface area contributed by atoms with E-state index in [1.54, 1.807) is 0 Å². The van der Waals surface area contributed by atoms with Crippen molar-refractivity contribution in [2.45, 2.75) is 13.3 Å². The van der Waals surface area contributed by atoms with Crippen LogP contribution in [0.1, 0.15) is 23.7 Å². The molecule has 1 heterocycles. The second-order valence-corrected chi connectivity index (χ2v) is 6.81. The maximum atomic E-state index is 12.4. The van der Waals surface area contributed by atoms with Gasteiger partial charge in [0.1, 0.15) is 5.75 Å². The zero-order chi connectivity index (χ0) is 18.7. The number of nitrogens with one attached hydrogen (secondary N) is 1. The number of nitrogens with zero attached hydrogens (tertiary/aromatic N) is 2. The number of halogens is 1. The molecule has 0 aliphatic rings. The van der Waals surface area contributed by atoms with Crippen molar-refractivity contribution in [3.8, 4) is 5.75 Å². The predicted molar refractivity (Wildman–Crippen MR) is 101 cm³/mol. The normalized spacial score (nSPS) is 10.7. The van der Waals surface area contributed by atoms with Gasteiger partial charge in [0.25, 0.3) is 11.6 Å². The first-order valence-corrected chi connectivity index (χ1v) is 8.96. The van der Waals surface area contributed by atoms with Crippen molar-refractivity contribution in [2.75, 3.05) is 11.9 Å². The Bertz CT molecular complexity index is 989. The highest BCUT2D eigenvalue weighted by molar-refractivity contribution is 7.22. The number of rotatable bonds is 6. The Labute approximate surface area is 157 Å². The molecule has 7 nitrogen and oxygen atoms in total. The lowest BCUT2D eigenvalue weighted by atomic mass is 10.2. The van der Waals surface area contributed by atoms with E-state index < -0.39 is 10.8 Å². The summed E-state index contributed by atoms with van der Waals surface area (Å²) in [4.78, 5) is 27.1. The van der Waals surface area contributed by atoms with Crippen molar-refractivity contribution < 1.29 is 14.5 Å². The first kappa shape index (κ1) is 18.1. The molecule has 26 heavy (non-hydrogen) atoms. The molecule has 0 unspecified atom stereocenters. The first-order valence-electron chi connectivity index (χ1n) is 7.76. The van der Waals surface area contributed by atoms with Gasteiger partial charge in [0.05, 0.1) is 32.3 Å². The molecule has 2 aromatic carbocycles. The molecule has 0 aliphatic carbocycles. The number of fused-ring (bicyclic) bond motifs is 1. The number of nitro groups is 1. The van der Waals surface area contributed by atoms with E-state index in [0.29, 0.717) is 11.7 Å². The minimum Gasteiger partial charge on any atom is -0.494 e. The molecule has 1 aromatic heterocycles. The summed E-state index contributed by atoms with van der Waals surface area (Å²) in [6, 6.07) is 9.20. The van der Waals surface area contributed by atoms with Gasteiger partial charge in [0, 0.05) is 12.1 Å². The van der Waals surface area contributed by atoms with Gasteiger partial charge in [-0.25, -0.2) is 4.98 Å². The van der Waals surface area contributed by atoms with Crippen LogP contribution in [0, 0.1) is 10.1 Å². The largest absolute Gasteiger partial charge is 0.494 e. The molecule has 1 N–H and O–H groups in total. The standard InChI is InChI=1S/C17H14ClN3O4S/c1-2-7-25-11-4-6-14-15(9-11)26-17(19-14)20-16(22)12-8-10(21(23)24)3-5-13(12)18/h3-6,8-9H,2,7H2,1H3,(H,19,20,22). The van der Waals surface area contributed by atoms with E-state index in [4.69, 9.17) is 16.3 Å². The summed E-state index contributed by atoms with van der Waals surface area (Å²) in [6.07, 6.45) is 0.909. The summed E-state index contributed by atoms with van der Waals surface area (Å²) in [6.45, 7) is 2.65. The van der Waals surface area contributed by atoms with Crippen molar-refractivity contribution >= 4 is 49.9 Å². The van der Waals surface area contributed by atoms with Crippen LogP contribution in [0.15, 0.2) is 36.4 Å². The highest BCUT2D eigenvalue weighted by atomic mass is 35.5. The highest BCUT2D eigenvalue weighted by Crippen LogP contribution is 2.30. The zero-order valence-corrected chi connectivity index (χ0v) is 15.3. The fraction of sp³-hybridized carbons (Fsp3) is 0.176. The molecule has 3 aromatic rings. The van der Waals surface area contributed by atoms with Gasteiger partial charge < -0.3 is 4.74 Å². The number of benzene rings is 2. The molecule has 0 radical (unpaired) electrons. The Morgan fingerprint density at radius 3 is 2.88 bits per heavy atom. The molecule has 134 valence electrons. The summed E-state index contributed by atoms with van der Waals surface area (Å²) in [5, 5.41) is 14.0. The summed E-state index contributed by atoms with van der Waals surface area (Å²) >= 11 is 7.28. The lowest BCUT2D eigenvalue weighted by Gasteiger charge is -2.03. The average molecular weight is 392 g/mol. The van der Waals surface area contributed by atoms with Gasteiger partial charge in [-0.05, 0) is 30.7 Å². The maximum absolute atomic E-state index is 12.4. The third kappa shape index (κ3) is 3.92. The molecule has 1 amide bonds. The van der Waals surface area contributed by atoms with E-state index in [1.807, 2.05) is 25.1 Å². The SMILES string of the molecule is CCCOc1ccc2nc(NC(=O)c3cc([N+](=O)[O-])ccc3Cl)sc2c1. The van der Waals surface area contributed by atoms with E-state index in [0.717, 1.165) is 28.5 Å². The van der Waals surface area contributed by atoms with Crippen molar-refractivity contribution in [1.29, 1.82) is 0 Å². The monoisotopic (exact) mass is 391 g/mol. The second-order valence-electron chi connectivity index (χ2n) is 5.37. The van der Waals surface area contributed by atoms with E-state index in [1.165, 1.54) is 23.5 Å². The van der Waals surface area contributed by atoms with Crippen LogP contribution in [0.5, 0.6) is 5.75 Å². The van der Waals surface area contributed by atoms with Crippen LogP contribution in [0.3, 0.4) is 0 Å². The van der Waals surface area contributed by atoms with Gasteiger partial charge in [0.15, 0.2) is 5.13 Å². The quantitative estimate of drug-likeness (QED) is 0.476. The van der Waals surface area contributed by atoms with E-state index in [2.05, 4.69) is 10.3 Å². The van der Waals surface area contributed by atoms with Gasteiger partial charge in [-0.1, -0.05) is 29.9 Å². The van der Waals surface area contributed by atoms with E-state index in [-0.39, 0.29) is 16.3 Å². The number of aromatic nitrogens is 1. The molecule has 0 aliphatic heterocycles. The van der Waals surface area contributed by atoms with E-state index in [9.17, 15) is 14.9 Å². The van der Waals surface area contributed by atoms with Crippen LogP contribution in [-0.2, 0) is 0 Å². The van der Waals surface area contributed by atoms with Gasteiger partial charge in [-0.3, -0.25) is 20.2 Å². The van der Waals surface area contributed by atoms with Gasteiger partial charge in [0.2, 0.25) is 0 Å². The van der Waals surface area contributed by atoms with Crippen LogP contribution in [0.25, 0.3) is 10.2 Å². The van der Waals surface area contributed by atoms with Gasteiger partial charge in [-0.15, -0.1) is 0 Å². The number of ether oxygens (including phenoxy) is 1. The Hall–Kier alpha value is -2.71. The minimum atomic E-state index is -0.581. The molecule has 0 bridgehead atoms. The number of thiazole rings is 1. The van der Waals surface area contributed by atoms with E-state index >= 15 is 0 Å². The number of non-ortho nitro benzene ring substituents is 1. The number of carbonyl (C=O) groups is 1. The molecule has 0 saturated heterocycles. The topological polar surface area (TPSA) is 94.4 Å². The Morgan fingerprint density at radius 2 is 2.15 bits per heavy atom. The molecule has 9 heteroatoms. The lowest BCUT2D eigenvalue weighted by molar-refractivity contribution is -0.384. The van der Waals surface area contributed by atoms with Crippen molar-refractivity contribution in [2.24, 2.45) is 0 Å². The van der Waals surface area contributed by atoms with Crippen LogP contribution in [0.2, 0.25) is 5.02 Å². The summed E-state index contributed by atoms with van der Waals surface area (Å²) in [5.74, 6) is 0.183. The smallest absolute Gasteiger partial charge is 0.270 e. The summed E-state index contributed by atoms with van der Waals surface area (Å²) in [5.41, 5.74) is 0.535. The molecule has 0 fully saturated rings. The molecule has 0 atom stereocenters. The van der Waals surface area contributed by atoms with Crippen LogP contribution in [0.4, 0.5) is 10.8 Å². The van der Waals surface area contributed by atoms with Gasteiger partial charge >= 0.3 is 0 Å². The highest BCUT2D eigenvalue weighted by Gasteiger charge is 2.17. The van der Waals surface area contributed by atoms with Crippen LogP contribution >= 0.6 is 22.9 Å². The Balaban J connectivity index is 1.83. The average Bonchev–Trinajstić information content (AvgIpc) is 3.01. The number of carbonyl (C=O) groups excluding carboxylic acids is 1. The Morgan fingerprint density at radius 1 is 1.35 bits per heavy atom. The number of hydrogen-bond donors (Lipinski definition) is 1. The fourth-order valence-corrected chi connectivity index (χ4v) is 3.33. The number of anilines is 1. The van der Waals surface area contributed by atoms with Gasteiger partial charge in [-0.2, -0.15) is 0 Å². The van der Waals surface area contributed by atoms with Crippen LogP contribution in [-0.4, -0.2) is 22.4 Å². The maximum Gasteiger partial charge on any atom is 0.270 e. The minimum absolute atomic E-state index is 0.0205. The third-order valence-corrected chi connectivity index (χ3v) is 4.72. The first-order chi connectivity index (χ1) is 12.5. The fourth-order valence-electron chi connectivity index (χ4n) is 2.23. The van der Waals surface area contributed by atoms with Crippen molar-refractivity contribution in [3.63, 3.8) is 0 Å². The molecule has 0 spiro atoms. The lowest BCUT2D eigenvalue weighted by Crippen LogP contribution is -2.12. The van der Waals surface area contributed by atoms with Crippen molar-refractivity contribution in [3.05, 3.63) is 57.1 Å². The molecular formula is C17H14ClN3O4S. The Kier molecular flexibility index (Phi) is 5.34. The molecular weight excluding hydrogens is 378 g/mol. The van der Waals surface area contributed by atoms with Crippen LogP contribution < -0.4 is 10.1 Å². The zero-order valence-electron chi connectivity index (χ0n) is 13.7. The third-order valence-electron chi connectivity index (χ3n) is 3.46. The number of hydrogen-bond acceptors (Lipinski definition) is 6. The summed E-state index contributed by atoms with van der Waals surface area (Å²) < 4.78 is 6.44. The predicted octanol–water partition coefficient (Wildman–Crippen LogP) is 4.90. The second kappa shape index (κ2) is 7.67. The molecule has 3 rings (SSSR count).